The minimum absolute atomic E-state index is 0.158. The molecule has 1 amide bonds. The van der Waals surface area contributed by atoms with Gasteiger partial charge in [0.05, 0.1) is 5.41 Å². The first-order chi connectivity index (χ1) is 8.90. The number of β-lactam (4-membered cyclic amide) rings is 1. The van der Waals surface area contributed by atoms with Crippen molar-refractivity contribution in [3.63, 3.8) is 0 Å². The summed E-state index contributed by atoms with van der Waals surface area (Å²) in [5, 5.41) is 8.58. The van der Waals surface area contributed by atoms with E-state index in [1.807, 2.05) is 38.1 Å². The first kappa shape index (κ1) is 13.6. The summed E-state index contributed by atoms with van der Waals surface area (Å²) in [6.07, 6.45) is 1.59. The summed E-state index contributed by atoms with van der Waals surface area (Å²) >= 11 is 0. The molecule has 0 atom stereocenters. The van der Waals surface area contributed by atoms with Crippen molar-refractivity contribution in [3.05, 3.63) is 29.8 Å². The summed E-state index contributed by atoms with van der Waals surface area (Å²) in [6, 6.07) is 7.80. The van der Waals surface area contributed by atoms with Crippen LogP contribution in [-0.4, -0.2) is 23.5 Å². The topological polar surface area (TPSA) is 57.6 Å². The molecule has 0 spiro atoms. The number of anilines is 1. The van der Waals surface area contributed by atoms with E-state index in [2.05, 4.69) is 0 Å². The molecular formula is C15H19NO3. The van der Waals surface area contributed by atoms with Gasteiger partial charge in [-0.25, -0.2) is 0 Å². The molecule has 0 bridgehead atoms. The van der Waals surface area contributed by atoms with Crippen LogP contribution in [0.1, 0.15) is 32.3 Å². The van der Waals surface area contributed by atoms with Gasteiger partial charge in [-0.2, -0.15) is 0 Å². The molecule has 1 aromatic rings. The van der Waals surface area contributed by atoms with E-state index in [1.165, 1.54) is 0 Å². The van der Waals surface area contributed by atoms with Gasteiger partial charge >= 0.3 is 5.97 Å². The summed E-state index contributed by atoms with van der Waals surface area (Å²) in [6.45, 7) is 4.66. The van der Waals surface area contributed by atoms with Crippen LogP contribution in [0, 0.1) is 5.41 Å². The van der Waals surface area contributed by atoms with Gasteiger partial charge in [-0.3, -0.25) is 9.59 Å². The van der Waals surface area contributed by atoms with Crippen LogP contribution in [0.15, 0.2) is 24.3 Å². The number of aliphatic carboxylic acids is 1. The van der Waals surface area contributed by atoms with Crippen LogP contribution in [-0.2, 0) is 16.0 Å². The van der Waals surface area contributed by atoms with Crippen LogP contribution in [0.2, 0.25) is 0 Å². The molecular weight excluding hydrogens is 242 g/mol. The average molecular weight is 261 g/mol. The lowest BCUT2D eigenvalue weighted by atomic mass is 9.82. The Labute approximate surface area is 113 Å². The normalized spacial score (nSPS) is 17.2. The van der Waals surface area contributed by atoms with Gasteiger partial charge in [0.25, 0.3) is 0 Å². The molecule has 1 aliphatic rings. The summed E-state index contributed by atoms with van der Waals surface area (Å²) in [7, 11) is 0. The highest BCUT2D eigenvalue weighted by molar-refractivity contribution is 6.03. The number of aryl methyl sites for hydroxylation is 1. The zero-order chi connectivity index (χ0) is 14.0. The SMILES string of the molecule is CC1(C)CN(c2ccc(CCCC(=O)O)cc2)C1=O. The molecule has 1 N–H and O–H groups in total. The molecule has 1 fully saturated rings. The van der Waals surface area contributed by atoms with E-state index in [0.29, 0.717) is 6.42 Å². The third-order valence-corrected chi connectivity index (χ3v) is 3.48. The molecule has 0 radical (unpaired) electrons. The number of carbonyl (C=O) groups excluding carboxylic acids is 1. The van der Waals surface area contributed by atoms with Crippen LogP contribution in [0.5, 0.6) is 0 Å². The van der Waals surface area contributed by atoms with E-state index in [-0.39, 0.29) is 17.7 Å². The number of hydrogen-bond acceptors (Lipinski definition) is 2. The number of carboxylic acid groups (broad SMARTS) is 1. The highest BCUT2D eigenvalue weighted by Crippen LogP contribution is 2.35. The Kier molecular flexibility index (Phi) is 3.60. The summed E-state index contributed by atoms with van der Waals surface area (Å²) in [4.78, 5) is 24.1. The van der Waals surface area contributed by atoms with E-state index in [4.69, 9.17) is 5.11 Å². The van der Waals surface area contributed by atoms with Crippen LogP contribution in [0.4, 0.5) is 5.69 Å². The van der Waals surface area contributed by atoms with E-state index >= 15 is 0 Å². The monoisotopic (exact) mass is 261 g/mol. The van der Waals surface area contributed by atoms with Crippen molar-refractivity contribution in [1.29, 1.82) is 0 Å². The third-order valence-electron chi connectivity index (χ3n) is 3.48. The maximum absolute atomic E-state index is 11.9. The van der Waals surface area contributed by atoms with Crippen LogP contribution in [0.3, 0.4) is 0 Å². The van der Waals surface area contributed by atoms with Gasteiger partial charge < -0.3 is 10.0 Å². The van der Waals surface area contributed by atoms with E-state index in [9.17, 15) is 9.59 Å². The fraction of sp³-hybridized carbons (Fsp3) is 0.467. The number of rotatable bonds is 5. The smallest absolute Gasteiger partial charge is 0.303 e. The van der Waals surface area contributed by atoms with E-state index in [0.717, 1.165) is 24.2 Å². The van der Waals surface area contributed by atoms with E-state index in [1.54, 1.807) is 4.90 Å². The molecule has 0 aromatic heterocycles. The second kappa shape index (κ2) is 5.03. The average Bonchev–Trinajstić information content (AvgIpc) is 2.36. The standard InChI is InChI=1S/C15H19NO3/c1-15(2)10-16(14(15)19)12-8-6-11(7-9-12)4-3-5-13(17)18/h6-9H,3-5,10H2,1-2H3,(H,17,18). The van der Waals surface area contributed by atoms with Gasteiger partial charge in [0.15, 0.2) is 0 Å². The molecule has 4 heteroatoms. The van der Waals surface area contributed by atoms with Crippen LogP contribution >= 0.6 is 0 Å². The van der Waals surface area contributed by atoms with Crippen molar-refractivity contribution in [1.82, 2.24) is 0 Å². The lowest BCUT2D eigenvalue weighted by Crippen LogP contribution is -2.58. The molecule has 1 saturated heterocycles. The maximum Gasteiger partial charge on any atom is 0.303 e. The largest absolute Gasteiger partial charge is 0.481 e. The number of nitrogens with zero attached hydrogens (tertiary/aromatic N) is 1. The molecule has 2 rings (SSSR count). The number of carbonyl (C=O) groups is 2. The molecule has 0 saturated carbocycles. The predicted molar refractivity (Wildman–Crippen MR) is 73.1 cm³/mol. The molecule has 1 aliphatic heterocycles. The minimum Gasteiger partial charge on any atom is -0.481 e. The van der Waals surface area contributed by atoms with Gasteiger partial charge in [0, 0.05) is 18.7 Å². The Balaban J connectivity index is 1.92. The fourth-order valence-corrected chi connectivity index (χ4v) is 2.30. The van der Waals surface area contributed by atoms with Gasteiger partial charge in [-0.15, -0.1) is 0 Å². The summed E-state index contributed by atoms with van der Waals surface area (Å²) < 4.78 is 0. The van der Waals surface area contributed by atoms with Crippen molar-refractivity contribution < 1.29 is 14.7 Å². The molecule has 0 aliphatic carbocycles. The van der Waals surface area contributed by atoms with Gasteiger partial charge in [-0.05, 0) is 44.4 Å². The highest BCUT2D eigenvalue weighted by Gasteiger charge is 2.44. The second-order valence-electron chi connectivity index (χ2n) is 5.69. The predicted octanol–water partition coefficient (Wildman–Crippen LogP) is 2.47. The van der Waals surface area contributed by atoms with Crippen molar-refractivity contribution in [2.24, 2.45) is 5.41 Å². The van der Waals surface area contributed by atoms with E-state index < -0.39 is 5.97 Å². The van der Waals surface area contributed by atoms with Crippen molar-refractivity contribution in [2.75, 3.05) is 11.4 Å². The van der Waals surface area contributed by atoms with Gasteiger partial charge in [0.1, 0.15) is 0 Å². The molecule has 0 unspecified atom stereocenters. The zero-order valence-electron chi connectivity index (χ0n) is 11.3. The van der Waals surface area contributed by atoms with Crippen LogP contribution in [0.25, 0.3) is 0 Å². The molecule has 19 heavy (non-hydrogen) atoms. The van der Waals surface area contributed by atoms with Crippen LogP contribution < -0.4 is 4.90 Å². The second-order valence-corrected chi connectivity index (χ2v) is 5.69. The Morgan fingerprint density at radius 2 is 1.95 bits per heavy atom. The van der Waals surface area contributed by atoms with Gasteiger partial charge in [0.2, 0.25) is 5.91 Å². The molecule has 4 nitrogen and oxygen atoms in total. The quantitative estimate of drug-likeness (QED) is 0.828. The highest BCUT2D eigenvalue weighted by atomic mass is 16.4. The summed E-state index contributed by atoms with van der Waals surface area (Å²) in [5.41, 5.74) is 1.80. The molecule has 1 aromatic carbocycles. The third kappa shape index (κ3) is 2.95. The number of benzene rings is 1. The lowest BCUT2D eigenvalue weighted by molar-refractivity contribution is -0.137. The maximum atomic E-state index is 11.9. The Morgan fingerprint density at radius 1 is 1.32 bits per heavy atom. The minimum atomic E-state index is -0.759. The van der Waals surface area contributed by atoms with Crippen molar-refractivity contribution in [3.8, 4) is 0 Å². The Hall–Kier alpha value is -1.84. The Bertz CT molecular complexity index is 491. The first-order valence-electron chi connectivity index (χ1n) is 6.53. The molecule has 102 valence electrons. The fourth-order valence-electron chi connectivity index (χ4n) is 2.30. The number of hydrogen-bond donors (Lipinski definition) is 1. The lowest BCUT2D eigenvalue weighted by Gasteiger charge is -2.44. The zero-order valence-corrected chi connectivity index (χ0v) is 11.3. The molecule has 1 heterocycles. The van der Waals surface area contributed by atoms with Gasteiger partial charge in [-0.1, -0.05) is 12.1 Å². The summed E-state index contributed by atoms with van der Waals surface area (Å²) in [5.74, 6) is -0.601. The number of carboxylic acids is 1. The Morgan fingerprint density at radius 3 is 2.42 bits per heavy atom. The number of amides is 1. The van der Waals surface area contributed by atoms with Crippen molar-refractivity contribution >= 4 is 17.6 Å². The van der Waals surface area contributed by atoms with Crippen molar-refractivity contribution in [2.45, 2.75) is 33.1 Å². The first-order valence-corrected chi connectivity index (χ1v) is 6.53.